The summed E-state index contributed by atoms with van der Waals surface area (Å²) in [5.74, 6) is -0.222. The number of carbonyl (C=O) groups is 1. The Morgan fingerprint density at radius 1 is 1.47 bits per heavy atom. The highest BCUT2D eigenvalue weighted by molar-refractivity contribution is 5.95. The van der Waals surface area contributed by atoms with Crippen LogP contribution in [0.15, 0.2) is 24.3 Å². The van der Waals surface area contributed by atoms with Crippen LogP contribution in [-0.4, -0.2) is 38.8 Å². The number of anilines is 2. The lowest BCUT2D eigenvalue weighted by molar-refractivity contribution is -0.118. The number of rotatable bonds is 5. The van der Waals surface area contributed by atoms with E-state index < -0.39 is 6.04 Å². The van der Waals surface area contributed by atoms with Gasteiger partial charge < -0.3 is 20.7 Å². The average Bonchev–Trinajstić information content (AvgIpc) is 2.93. The number of nitrogens with zero attached hydrogens (tertiary/aromatic N) is 1. The summed E-state index contributed by atoms with van der Waals surface area (Å²) in [6, 6.07) is 7.24. The molecule has 0 spiro atoms. The molecule has 0 saturated carbocycles. The number of benzene rings is 1. The Morgan fingerprint density at radius 3 is 2.89 bits per heavy atom. The lowest BCUT2D eigenvalue weighted by atomic mass is 10.2. The molecule has 1 aromatic carbocycles. The molecule has 0 aliphatic carbocycles. The second kappa shape index (κ2) is 6.54. The first-order chi connectivity index (χ1) is 9.20. The number of hydrogen-bond acceptors (Lipinski definition) is 4. The Balaban J connectivity index is 2.00. The summed E-state index contributed by atoms with van der Waals surface area (Å²) in [5.41, 5.74) is 7.62. The Labute approximate surface area is 113 Å². The van der Waals surface area contributed by atoms with Gasteiger partial charge in [0, 0.05) is 31.6 Å². The zero-order valence-corrected chi connectivity index (χ0v) is 11.3. The molecule has 1 saturated heterocycles. The summed E-state index contributed by atoms with van der Waals surface area (Å²) in [6.45, 7) is 2.39. The lowest BCUT2D eigenvalue weighted by Gasteiger charge is -2.19. The fraction of sp³-hybridized carbons (Fsp3) is 0.500. The van der Waals surface area contributed by atoms with E-state index in [1.807, 2.05) is 18.2 Å². The lowest BCUT2D eigenvalue weighted by Crippen LogP contribution is -2.39. The summed E-state index contributed by atoms with van der Waals surface area (Å²) >= 11 is 0. The number of carbonyl (C=O) groups excluding carboxylic acids is 1. The third-order valence-electron chi connectivity index (χ3n) is 3.27. The third kappa shape index (κ3) is 3.68. The van der Waals surface area contributed by atoms with Crippen LogP contribution in [0, 0.1) is 0 Å². The maximum Gasteiger partial charge on any atom is 0.243 e. The van der Waals surface area contributed by atoms with Crippen molar-refractivity contribution in [2.24, 2.45) is 5.73 Å². The van der Waals surface area contributed by atoms with E-state index >= 15 is 0 Å². The molecular weight excluding hydrogens is 242 g/mol. The van der Waals surface area contributed by atoms with Gasteiger partial charge in [0.1, 0.15) is 6.04 Å². The second-order valence-corrected chi connectivity index (χ2v) is 4.80. The topological polar surface area (TPSA) is 67.6 Å². The molecule has 2 rings (SSSR count). The van der Waals surface area contributed by atoms with Crippen molar-refractivity contribution in [1.29, 1.82) is 0 Å². The zero-order valence-electron chi connectivity index (χ0n) is 11.3. The number of nitrogens with two attached hydrogens (primary N) is 1. The van der Waals surface area contributed by atoms with Gasteiger partial charge in [-0.05, 0) is 31.0 Å². The number of ether oxygens (including phenoxy) is 1. The quantitative estimate of drug-likeness (QED) is 0.837. The molecule has 1 amide bonds. The molecule has 1 aromatic rings. The molecule has 19 heavy (non-hydrogen) atoms. The van der Waals surface area contributed by atoms with Crippen molar-refractivity contribution >= 4 is 17.3 Å². The normalized spacial score (nSPS) is 16.4. The standard InChI is InChI=1S/C14H21N3O2/c1-19-10-13(15)14(18)16-11-5-4-6-12(9-11)17-7-2-3-8-17/h4-6,9,13H,2-3,7-8,10,15H2,1H3,(H,16,18). The summed E-state index contributed by atoms with van der Waals surface area (Å²) in [4.78, 5) is 14.1. The van der Waals surface area contributed by atoms with Gasteiger partial charge in [0.25, 0.3) is 0 Å². The highest BCUT2D eigenvalue weighted by Crippen LogP contribution is 2.23. The molecule has 1 fully saturated rings. The van der Waals surface area contributed by atoms with E-state index in [0.717, 1.165) is 24.5 Å². The van der Waals surface area contributed by atoms with Crippen molar-refractivity contribution in [3.63, 3.8) is 0 Å². The maximum atomic E-state index is 11.8. The molecule has 0 aromatic heterocycles. The molecule has 5 nitrogen and oxygen atoms in total. The van der Waals surface area contributed by atoms with Crippen LogP contribution >= 0.6 is 0 Å². The smallest absolute Gasteiger partial charge is 0.243 e. The van der Waals surface area contributed by atoms with Gasteiger partial charge in [-0.15, -0.1) is 0 Å². The van der Waals surface area contributed by atoms with E-state index in [2.05, 4.69) is 16.3 Å². The number of methoxy groups -OCH3 is 1. The molecule has 0 radical (unpaired) electrons. The van der Waals surface area contributed by atoms with E-state index in [9.17, 15) is 4.79 Å². The van der Waals surface area contributed by atoms with Crippen LogP contribution in [0.3, 0.4) is 0 Å². The molecule has 1 aliphatic heterocycles. The largest absolute Gasteiger partial charge is 0.383 e. The predicted octanol–water partition coefficient (Wildman–Crippen LogP) is 1.20. The van der Waals surface area contributed by atoms with E-state index in [0.29, 0.717) is 0 Å². The van der Waals surface area contributed by atoms with Crippen molar-refractivity contribution in [1.82, 2.24) is 0 Å². The first-order valence-corrected chi connectivity index (χ1v) is 6.61. The Kier molecular flexibility index (Phi) is 4.76. The summed E-state index contributed by atoms with van der Waals surface area (Å²) in [6.07, 6.45) is 2.46. The minimum absolute atomic E-state index is 0.220. The van der Waals surface area contributed by atoms with Gasteiger partial charge in [0.15, 0.2) is 0 Å². The first kappa shape index (κ1) is 13.8. The molecule has 0 bridgehead atoms. The van der Waals surface area contributed by atoms with Crippen LogP contribution in [0.2, 0.25) is 0 Å². The van der Waals surface area contributed by atoms with E-state index in [-0.39, 0.29) is 12.5 Å². The minimum Gasteiger partial charge on any atom is -0.383 e. The number of nitrogens with one attached hydrogen (secondary N) is 1. The zero-order chi connectivity index (χ0) is 13.7. The van der Waals surface area contributed by atoms with Crippen molar-refractivity contribution in [3.05, 3.63) is 24.3 Å². The van der Waals surface area contributed by atoms with E-state index in [1.54, 1.807) is 0 Å². The van der Waals surface area contributed by atoms with Crippen LogP contribution < -0.4 is 16.0 Å². The minimum atomic E-state index is -0.638. The number of amides is 1. The molecule has 1 atom stereocenters. The Bertz CT molecular complexity index is 430. The molecule has 104 valence electrons. The van der Waals surface area contributed by atoms with Gasteiger partial charge in [0.2, 0.25) is 5.91 Å². The molecule has 1 aliphatic rings. The highest BCUT2D eigenvalue weighted by atomic mass is 16.5. The molecular formula is C14H21N3O2. The number of hydrogen-bond donors (Lipinski definition) is 2. The van der Waals surface area contributed by atoms with Crippen LogP contribution in [-0.2, 0) is 9.53 Å². The van der Waals surface area contributed by atoms with Crippen LogP contribution in [0.5, 0.6) is 0 Å². The van der Waals surface area contributed by atoms with Crippen LogP contribution in [0.1, 0.15) is 12.8 Å². The van der Waals surface area contributed by atoms with Crippen molar-refractivity contribution < 1.29 is 9.53 Å². The maximum absolute atomic E-state index is 11.8. The molecule has 1 unspecified atom stereocenters. The van der Waals surface area contributed by atoms with Gasteiger partial charge in [0.05, 0.1) is 6.61 Å². The van der Waals surface area contributed by atoms with Crippen LogP contribution in [0.25, 0.3) is 0 Å². The third-order valence-corrected chi connectivity index (χ3v) is 3.27. The summed E-state index contributed by atoms with van der Waals surface area (Å²) in [5, 5.41) is 2.82. The van der Waals surface area contributed by atoms with Gasteiger partial charge in [-0.1, -0.05) is 6.07 Å². The van der Waals surface area contributed by atoms with E-state index in [4.69, 9.17) is 10.5 Å². The average molecular weight is 263 g/mol. The SMILES string of the molecule is COCC(N)C(=O)Nc1cccc(N2CCCC2)c1. The fourth-order valence-corrected chi connectivity index (χ4v) is 2.25. The fourth-order valence-electron chi connectivity index (χ4n) is 2.25. The first-order valence-electron chi connectivity index (χ1n) is 6.61. The van der Waals surface area contributed by atoms with Gasteiger partial charge >= 0.3 is 0 Å². The van der Waals surface area contributed by atoms with Gasteiger partial charge in [-0.2, -0.15) is 0 Å². The van der Waals surface area contributed by atoms with Crippen molar-refractivity contribution in [3.8, 4) is 0 Å². The van der Waals surface area contributed by atoms with Crippen molar-refractivity contribution in [2.45, 2.75) is 18.9 Å². The summed E-state index contributed by atoms with van der Waals surface area (Å²) in [7, 11) is 1.53. The van der Waals surface area contributed by atoms with Crippen LogP contribution in [0.4, 0.5) is 11.4 Å². The van der Waals surface area contributed by atoms with Gasteiger partial charge in [-0.25, -0.2) is 0 Å². The second-order valence-electron chi connectivity index (χ2n) is 4.80. The molecule has 1 heterocycles. The monoisotopic (exact) mass is 263 g/mol. The van der Waals surface area contributed by atoms with Crippen molar-refractivity contribution in [2.75, 3.05) is 37.0 Å². The van der Waals surface area contributed by atoms with E-state index in [1.165, 1.54) is 20.0 Å². The Morgan fingerprint density at radius 2 is 2.21 bits per heavy atom. The molecule has 5 heteroatoms. The predicted molar refractivity (Wildman–Crippen MR) is 76.4 cm³/mol. The highest BCUT2D eigenvalue weighted by Gasteiger charge is 2.15. The Hall–Kier alpha value is -1.59. The summed E-state index contributed by atoms with van der Waals surface area (Å²) < 4.78 is 4.87. The van der Waals surface area contributed by atoms with Gasteiger partial charge in [-0.3, -0.25) is 4.79 Å². The molecule has 3 N–H and O–H groups in total.